The van der Waals surface area contributed by atoms with Gasteiger partial charge >= 0.3 is 0 Å². The number of rotatable bonds is 2. The van der Waals surface area contributed by atoms with E-state index >= 15 is 0 Å². The topological polar surface area (TPSA) is 16.6 Å². The normalized spacial score (nSPS) is 24.6. The van der Waals surface area contributed by atoms with Crippen molar-refractivity contribution in [2.45, 2.75) is 44.7 Å². The lowest BCUT2D eigenvalue weighted by molar-refractivity contribution is -0.726. The average Bonchev–Trinajstić information content (AvgIpc) is 2.85. The van der Waals surface area contributed by atoms with Crippen molar-refractivity contribution in [3.8, 4) is 11.1 Å². The molecule has 2 atom stereocenters. The summed E-state index contributed by atoms with van der Waals surface area (Å²) in [5.74, 6) is 0.846. The summed E-state index contributed by atoms with van der Waals surface area (Å²) in [5, 5.41) is 2.66. The molecule has 108 valence electrons. The predicted molar refractivity (Wildman–Crippen MR) is 87.1 cm³/mol. The van der Waals surface area contributed by atoms with Crippen molar-refractivity contribution in [2.24, 2.45) is 5.92 Å². The summed E-state index contributed by atoms with van der Waals surface area (Å²) < 4.78 is 0. The van der Waals surface area contributed by atoms with E-state index in [1.807, 2.05) is 0 Å². The quantitative estimate of drug-likeness (QED) is 0.858. The first-order valence-corrected chi connectivity index (χ1v) is 8.38. The second-order valence-electron chi connectivity index (χ2n) is 6.77. The maximum absolute atomic E-state index is 2.66. The Morgan fingerprint density at radius 2 is 1.38 bits per heavy atom. The van der Waals surface area contributed by atoms with Gasteiger partial charge in [-0.2, -0.15) is 0 Å². The molecule has 2 aliphatic carbocycles. The van der Waals surface area contributed by atoms with Gasteiger partial charge in [0.15, 0.2) is 0 Å². The Kier molecular flexibility index (Phi) is 3.31. The van der Waals surface area contributed by atoms with Crippen LogP contribution in [0.25, 0.3) is 11.1 Å². The first-order valence-electron chi connectivity index (χ1n) is 8.38. The molecule has 0 unspecified atom stereocenters. The molecule has 1 nitrogen and oxygen atoms in total. The van der Waals surface area contributed by atoms with Crippen molar-refractivity contribution in [1.29, 1.82) is 0 Å². The van der Waals surface area contributed by atoms with E-state index in [1.54, 1.807) is 0 Å². The van der Waals surface area contributed by atoms with Gasteiger partial charge in [-0.05, 0) is 30.4 Å². The van der Waals surface area contributed by atoms with Gasteiger partial charge in [0.05, 0.1) is 6.04 Å². The average molecular weight is 278 g/mol. The Balaban J connectivity index is 1.71. The fourth-order valence-electron chi connectivity index (χ4n) is 4.28. The van der Waals surface area contributed by atoms with Crippen molar-refractivity contribution in [3.05, 3.63) is 59.7 Å². The Morgan fingerprint density at radius 3 is 2.00 bits per heavy atom. The van der Waals surface area contributed by atoms with Crippen molar-refractivity contribution in [2.75, 3.05) is 0 Å². The van der Waals surface area contributed by atoms with Crippen LogP contribution in [0, 0.1) is 5.92 Å². The minimum atomic E-state index is 0.503. The third kappa shape index (κ3) is 2.20. The van der Waals surface area contributed by atoms with Gasteiger partial charge in [0.25, 0.3) is 0 Å². The molecule has 21 heavy (non-hydrogen) atoms. The molecule has 2 aromatic carbocycles. The van der Waals surface area contributed by atoms with Gasteiger partial charge in [-0.3, -0.25) is 0 Å². The molecule has 0 aromatic heterocycles. The summed E-state index contributed by atoms with van der Waals surface area (Å²) >= 11 is 0. The van der Waals surface area contributed by atoms with Crippen LogP contribution in [0.1, 0.15) is 49.8 Å². The Hall–Kier alpha value is -1.60. The smallest absolute Gasteiger partial charge is 0.139 e. The minimum Gasteiger partial charge on any atom is -0.334 e. The molecule has 1 heteroatoms. The second-order valence-corrected chi connectivity index (χ2v) is 6.77. The highest BCUT2D eigenvalue weighted by Gasteiger charge is 2.35. The summed E-state index contributed by atoms with van der Waals surface area (Å²) in [7, 11) is 0. The summed E-state index contributed by atoms with van der Waals surface area (Å²) in [6.45, 7) is 2.44. The molecule has 0 aliphatic heterocycles. The molecule has 0 bridgehead atoms. The zero-order chi connectivity index (χ0) is 14.2. The van der Waals surface area contributed by atoms with Gasteiger partial charge in [0.2, 0.25) is 0 Å². The van der Waals surface area contributed by atoms with Crippen LogP contribution in [-0.4, -0.2) is 6.04 Å². The second kappa shape index (κ2) is 5.31. The van der Waals surface area contributed by atoms with E-state index in [-0.39, 0.29) is 0 Å². The molecule has 0 radical (unpaired) electrons. The molecule has 0 saturated heterocycles. The van der Waals surface area contributed by atoms with E-state index in [0.717, 1.165) is 12.0 Å². The number of hydrogen-bond acceptors (Lipinski definition) is 0. The van der Waals surface area contributed by atoms with E-state index in [1.165, 1.54) is 47.9 Å². The number of fused-ring (bicyclic) bond motifs is 3. The van der Waals surface area contributed by atoms with Crippen LogP contribution in [0.2, 0.25) is 0 Å². The summed E-state index contributed by atoms with van der Waals surface area (Å²) in [5.41, 5.74) is 5.91. The lowest BCUT2D eigenvalue weighted by atomic mass is 9.85. The SMILES string of the molecule is C[C@@H]1CCCC[C@@H]1[NH2+]C1c2ccccc2-c2ccccc21. The van der Waals surface area contributed by atoms with Crippen LogP contribution >= 0.6 is 0 Å². The fraction of sp³-hybridized carbons (Fsp3) is 0.400. The van der Waals surface area contributed by atoms with Gasteiger partial charge in [-0.1, -0.05) is 61.9 Å². The van der Waals surface area contributed by atoms with Gasteiger partial charge < -0.3 is 5.32 Å². The third-order valence-electron chi connectivity index (χ3n) is 5.50. The first kappa shape index (κ1) is 13.1. The van der Waals surface area contributed by atoms with Crippen LogP contribution in [0.3, 0.4) is 0 Å². The Morgan fingerprint density at radius 1 is 0.810 bits per heavy atom. The largest absolute Gasteiger partial charge is 0.334 e. The van der Waals surface area contributed by atoms with E-state index in [9.17, 15) is 0 Å². The van der Waals surface area contributed by atoms with Crippen molar-refractivity contribution in [1.82, 2.24) is 0 Å². The zero-order valence-corrected chi connectivity index (χ0v) is 12.8. The fourth-order valence-corrected chi connectivity index (χ4v) is 4.28. The number of quaternary nitrogens is 1. The number of nitrogens with two attached hydrogens (primary N) is 1. The highest BCUT2D eigenvalue weighted by Crippen LogP contribution is 2.41. The van der Waals surface area contributed by atoms with Crippen LogP contribution in [0.4, 0.5) is 0 Å². The highest BCUT2D eigenvalue weighted by molar-refractivity contribution is 5.77. The maximum Gasteiger partial charge on any atom is 0.139 e. The van der Waals surface area contributed by atoms with Crippen LogP contribution in [-0.2, 0) is 0 Å². The Bertz CT molecular complexity index is 600. The molecule has 2 aliphatic rings. The predicted octanol–water partition coefficient (Wildman–Crippen LogP) is 3.90. The van der Waals surface area contributed by atoms with Crippen LogP contribution in [0.15, 0.2) is 48.5 Å². The monoisotopic (exact) mass is 278 g/mol. The lowest BCUT2D eigenvalue weighted by Gasteiger charge is -2.29. The van der Waals surface area contributed by atoms with Crippen molar-refractivity contribution in [3.63, 3.8) is 0 Å². The van der Waals surface area contributed by atoms with E-state index in [0.29, 0.717) is 6.04 Å². The van der Waals surface area contributed by atoms with Crippen molar-refractivity contribution >= 4 is 0 Å². The minimum absolute atomic E-state index is 0.503. The highest BCUT2D eigenvalue weighted by atomic mass is 15.0. The molecule has 4 rings (SSSR count). The van der Waals surface area contributed by atoms with Gasteiger partial charge in [0.1, 0.15) is 6.04 Å². The molecule has 0 amide bonds. The standard InChI is InChI=1S/C20H23N/c1-14-8-2-7-13-19(14)21-20-17-11-5-3-9-15(17)16-10-4-6-12-18(16)20/h3-6,9-12,14,19-21H,2,7-8,13H2,1H3/p+1/t14-,19+/m1/s1. The van der Waals surface area contributed by atoms with E-state index in [2.05, 4.69) is 60.8 Å². The van der Waals surface area contributed by atoms with Crippen LogP contribution in [0.5, 0.6) is 0 Å². The molecule has 0 heterocycles. The molecule has 0 spiro atoms. The lowest BCUT2D eigenvalue weighted by Crippen LogP contribution is -2.92. The van der Waals surface area contributed by atoms with E-state index in [4.69, 9.17) is 0 Å². The molecule has 2 N–H and O–H groups in total. The van der Waals surface area contributed by atoms with Crippen molar-refractivity contribution < 1.29 is 5.32 Å². The molecular weight excluding hydrogens is 254 g/mol. The maximum atomic E-state index is 2.66. The van der Waals surface area contributed by atoms with Crippen LogP contribution < -0.4 is 5.32 Å². The summed E-state index contributed by atoms with van der Waals surface area (Å²) in [6, 6.07) is 19.2. The van der Waals surface area contributed by atoms with Gasteiger partial charge in [-0.25, -0.2) is 0 Å². The summed E-state index contributed by atoms with van der Waals surface area (Å²) in [6.07, 6.45) is 5.60. The van der Waals surface area contributed by atoms with Gasteiger partial charge in [0, 0.05) is 17.0 Å². The number of benzene rings is 2. The molecular formula is C20H24N+. The van der Waals surface area contributed by atoms with Gasteiger partial charge in [-0.15, -0.1) is 0 Å². The third-order valence-corrected chi connectivity index (χ3v) is 5.50. The van der Waals surface area contributed by atoms with E-state index < -0.39 is 0 Å². The molecule has 1 saturated carbocycles. The first-order chi connectivity index (χ1) is 10.3. The Labute approximate surface area is 127 Å². The molecule has 1 fully saturated rings. The molecule has 2 aromatic rings. The number of hydrogen-bond donors (Lipinski definition) is 1. The summed E-state index contributed by atoms with van der Waals surface area (Å²) in [4.78, 5) is 0. The zero-order valence-electron chi connectivity index (χ0n) is 12.8.